The number of likely N-dealkylation sites (N-methyl/N-ethyl adjacent to an activating group) is 1. The summed E-state index contributed by atoms with van der Waals surface area (Å²) in [7, 11) is 0. The van der Waals surface area contributed by atoms with Crippen LogP contribution in [-0.4, -0.2) is 35.9 Å². The number of aryl methyl sites for hydroxylation is 1. The minimum atomic E-state index is -0.605. The first kappa shape index (κ1) is 22.4. The maximum absolute atomic E-state index is 12.9. The lowest BCUT2D eigenvalue weighted by molar-refractivity contribution is -0.142. The van der Waals surface area contributed by atoms with Crippen LogP contribution >= 0.6 is 31.9 Å². The summed E-state index contributed by atoms with van der Waals surface area (Å²) in [6, 6.07) is 12.6. The van der Waals surface area contributed by atoms with Crippen molar-refractivity contribution in [2.45, 2.75) is 33.4 Å². The van der Waals surface area contributed by atoms with E-state index < -0.39 is 6.04 Å². The second-order valence-electron chi connectivity index (χ2n) is 6.42. The molecule has 1 atom stereocenters. The summed E-state index contributed by atoms with van der Waals surface area (Å²) in [4.78, 5) is 26.8. The fourth-order valence-electron chi connectivity index (χ4n) is 2.63. The van der Waals surface area contributed by atoms with E-state index in [0.29, 0.717) is 18.8 Å². The van der Waals surface area contributed by atoms with Crippen LogP contribution in [0.15, 0.2) is 51.4 Å². The maximum atomic E-state index is 12.9. The normalized spacial score (nSPS) is 11.6. The van der Waals surface area contributed by atoms with Crippen LogP contribution in [0.3, 0.4) is 0 Å². The van der Waals surface area contributed by atoms with Crippen LogP contribution in [0.2, 0.25) is 0 Å². The van der Waals surface area contributed by atoms with E-state index in [2.05, 4.69) is 37.2 Å². The second-order valence-corrected chi connectivity index (χ2v) is 8.19. The van der Waals surface area contributed by atoms with Gasteiger partial charge >= 0.3 is 0 Å². The molecule has 2 aromatic rings. The summed E-state index contributed by atoms with van der Waals surface area (Å²) in [5.41, 5.74) is 1.96. The number of nitrogens with zero attached hydrogens (tertiary/aromatic N) is 1. The predicted molar refractivity (Wildman–Crippen MR) is 117 cm³/mol. The van der Waals surface area contributed by atoms with Crippen molar-refractivity contribution < 1.29 is 14.3 Å². The summed E-state index contributed by atoms with van der Waals surface area (Å²) in [6.45, 7) is 6.23. The molecule has 7 heteroatoms. The number of nitrogens with one attached hydrogen (secondary N) is 1. The molecule has 0 unspecified atom stereocenters. The third-order valence-corrected chi connectivity index (χ3v) is 5.69. The van der Waals surface area contributed by atoms with Crippen LogP contribution in [0.5, 0.6) is 5.75 Å². The Hall–Kier alpha value is -1.86. The third kappa shape index (κ3) is 6.34. The molecule has 2 amide bonds. The Kier molecular flexibility index (Phi) is 8.51. The molecule has 0 fully saturated rings. The van der Waals surface area contributed by atoms with Crippen molar-refractivity contribution in [1.29, 1.82) is 0 Å². The van der Waals surface area contributed by atoms with Crippen molar-refractivity contribution in [3.8, 4) is 5.75 Å². The van der Waals surface area contributed by atoms with Crippen molar-refractivity contribution in [3.05, 3.63) is 62.5 Å². The zero-order valence-corrected chi connectivity index (χ0v) is 19.3. The average molecular weight is 512 g/mol. The molecule has 0 radical (unpaired) electrons. The molecule has 2 aromatic carbocycles. The molecule has 5 nitrogen and oxygen atoms in total. The molecule has 2 rings (SSSR count). The van der Waals surface area contributed by atoms with Gasteiger partial charge in [-0.2, -0.15) is 0 Å². The summed E-state index contributed by atoms with van der Waals surface area (Å²) < 4.78 is 7.62. The van der Waals surface area contributed by atoms with E-state index in [4.69, 9.17) is 4.74 Å². The standard InChI is InChI=1S/C21H24Br2N2O3/c1-4-24-21(27)15(3)25(12-16-5-7-17(22)8-6-16)20(26)13-28-18-9-10-19(23)14(2)11-18/h5-11,15H,4,12-13H2,1-3H3,(H,24,27)/t15-/m0/s1. The van der Waals surface area contributed by atoms with Crippen molar-refractivity contribution in [2.24, 2.45) is 0 Å². The van der Waals surface area contributed by atoms with Crippen molar-refractivity contribution in [1.82, 2.24) is 10.2 Å². The number of rotatable bonds is 8. The molecular formula is C21H24Br2N2O3. The van der Waals surface area contributed by atoms with Crippen molar-refractivity contribution in [2.75, 3.05) is 13.2 Å². The van der Waals surface area contributed by atoms with Crippen LogP contribution in [-0.2, 0) is 16.1 Å². The maximum Gasteiger partial charge on any atom is 0.261 e. The fraction of sp³-hybridized carbons (Fsp3) is 0.333. The predicted octanol–water partition coefficient (Wildman–Crippen LogP) is 4.45. The third-order valence-electron chi connectivity index (χ3n) is 4.28. The Balaban J connectivity index is 2.13. The van der Waals surface area contributed by atoms with Gasteiger partial charge < -0.3 is 15.0 Å². The number of hydrogen-bond acceptors (Lipinski definition) is 3. The average Bonchev–Trinajstić information content (AvgIpc) is 2.68. The number of halogens is 2. The molecule has 28 heavy (non-hydrogen) atoms. The SMILES string of the molecule is CCNC(=O)[C@H](C)N(Cc1ccc(Br)cc1)C(=O)COc1ccc(Br)c(C)c1. The van der Waals surface area contributed by atoms with Gasteiger partial charge in [0.25, 0.3) is 5.91 Å². The van der Waals surface area contributed by atoms with E-state index in [0.717, 1.165) is 20.1 Å². The van der Waals surface area contributed by atoms with Crippen molar-refractivity contribution in [3.63, 3.8) is 0 Å². The Labute approximate surface area is 182 Å². The van der Waals surface area contributed by atoms with Gasteiger partial charge in [0.15, 0.2) is 6.61 Å². The molecule has 0 aliphatic rings. The van der Waals surface area contributed by atoms with Gasteiger partial charge in [-0.15, -0.1) is 0 Å². The zero-order valence-electron chi connectivity index (χ0n) is 16.2. The van der Waals surface area contributed by atoms with Gasteiger partial charge in [-0.1, -0.05) is 44.0 Å². The Morgan fingerprint density at radius 2 is 1.82 bits per heavy atom. The van der Waals surface area contributed by atoms with Crippen LogP contribution in [0, 0.1) is 6.92 Å². The number of ether oxygens (including phenoxy) is 1. The van der Waals surface area contributed by atoms with Gasteiger partial charge in [0.1, 0.15) is 11.8 Å². The molecular weight excluding hydrogens is 488 g/mol. The summed E-state index contributed by atoms with van der Waals surface area (Å²) in [5, 5.41) is 2.78. The Morgan fingerprint density at radius 3 is 2.43 bits per heavy atom. The lowest BCUT2D eigenvalue weighted by atomic mass is 10.1. The van der Waals surface area contributed by atoms with Gasteiger partial charge in [0, 0.05) is 22.0 Å². The molecule has 1 N–H and O–H groups in total. The van der Waals surface area contributed by atoms with E-state index in [1.54, 1.807) is 17.9 Å². The van der Waals surface area contributed by atoms with Crippen LogP contribution in [0.25, 0.3) is 0 Å². The highest BCUT2D eigenvalue weighted by Crippen LogP contribution is 2.22. The fourth-order valence-corrected chi connectivity index (χ4v) is 3.14. The van der Waals surface area contributed by atoms with Crippen molar-refractivity contribution >= 4 is 43.7 Å². The Bertz CT molecular complexity index is 825. The second kappa shape index (κ2) is 10.6. The molecule has 0 spiro atoms. The first-order valence-electron chi connectivity index (χ1n) is 9.02. The van der Waals surface area contributed by atoms with E-state index in [1.807, 2.05) is 50.2 Å². The van der Waals surface area contributed by atoms with Gasteiger partial charge in [-0.05, 0) is 62.2 Å². The first-order chi connectivity index (χ1) is 13.3. The summed E-state index contributed by atoms with van der Waals surface area (Å²) in [6.07, 6.45) is 0. The van der Waals surface area contributed by atoms with Gasteiger partial charge in [-0.3, -0.25) is 9.59 Å². The summed E-state index contributed by atoms with van der Waals surface area (Å²) >= 11 is 6.85. The van der Waals surface area contributed by atoms with E-state index >= 15 is 0 Å². The molecule has 0 heterocycles. The highest BCUT2D eigenvalue weighted by Gasteiger charge is 2.26. The minimum Gasteiger partial charge on any atom is -0.484 e. The smallest absolute Gasteiger partial charge is 0.261 e. The van der Waals surface area contributed by atoms with Crippen LogP contribution < -0.4 is 10.1 Å². The largest absolute Gasteiger partial charge is 0.484 e. The molecule has 0 bridgehead atoms. The monoisotopic (exact) mass is 510 g/mol. The Morgan fingerprint density at radius 1 is 1.14 bits per heavy atom. The highest BCUT2D eigenvalue weighted by molar-refractivity contribution is 9.10. The number of carbonyl (C=O) groups is 2. The number of benzene rings is 2. The van der Waals surface area contributed by atoms with E-state index in [9.17, 15) is 9.59 Å². The first-order valence-corrected chi connectivity index (χ1v) is 10.6. The lowest BCUT2D eigenvalue weighted by Gasteiger charge is -2.28. The van der Waals surface area contributed by atoms with Gasteiger partial charge in [0.05, 0.1) is 0 Å². The molecule has 0 saturated carbocycles. The number of hydrogen-bond donors (Lipinski definition) is 1. The van der Waals surface area contributed by atoms with Crippen LogP contribution in [0.4, 0.5) is 0 Å². The molecule has 0 aromatic heterocycles. The summed E-state index contributed by atoms with van der Waals surface area (Å²) in [5.74, 6) is 0.179. The highest BCUT2D eigenvalue weighted by atomic mass is 79.9. The topological polar surface area (TPSA) is 58.6 Å². The zero-order chi connectivity index (χ0) is 20.7. The van der Waals surface area contributed by atoms with E-state index in [-0.39, 0.29) is 18.4 Å². The van der Waals surface area contributed by atoms with Gasteiger partial charge in [-0.25, -0.2) is 0 Å². The lowest BCUT2D eigenvalue weighted by Crippen LogP contribution is -2.49. The van der Waals surface area contributed by atoms with Crippen LogP contribution in [0.1, 0.15) is 25.0 Å². The number of amides is 2. The number of carbonyl (C=O) groups excluding carboxylic acids is 2. The molecule has 0 saturated heterocycles. The minimum absolute atomic E-state index is 0.138. The molecule has 0 aliphatic carbocycles. The molecule has 0 aliphatic heterocycles. The molecule has 150 valence electrons. The van der Waals surface area contributed by atoms with Gasteiger partial charge in [0.2, 0.25) is 5.91 Å². The quantitative estimate of drug-likeness (QED) is 0.569. The van der Waals surface area contributed by atoms with E-state index in [1.165, 1.54) is 0 Å².